The second-order valence-electron chi connectivity index (χ2n) is 7.33. The van der Waals surface area contributed by atoms with Crippen molar-refractivity contribution in [2.75, 3.05) is 29.0 Å². The van der Waals surface area contributed by atoms with E-state index in [1.54, 1.807) is 12.1 Å². The zero-order valence-electron chi connectivity index (χ0n) is 16.6. The van der Waals surface area contributed by atoms with Crippen LogP contribution < -0.4 is 9.62 Å². The Labute approximate surface area is 170 Å². The number of benzene rings is 2. The van der Waals surface area contributed by atoms with Crippen LogP contribution >= 0.6 is 0 Å². The number of hydrogen-bond acceptors (Lipinski definition) is 5. The lowest BCUT2D eigenvalue weighted by molar-refractivity contribution is -0.119. The van der Waals surface area contributed by atoms with Crippen LogP contribution in [0.1, 0.15) is 41.3 Å². The lowest BCUT2D eigenvalue weighted by Gasteiger charge is -2.16. The van der Waals surface area contributed by atoms with Crippen molar-refractivity contribution >= 4 is 33.3 Å². The summed E-state index contributed by atoms with van der Waals surface area (Å²) in [6.07, 6.45) is 1.68. The molecule has 2 aromatic rings. The molecule has 0 saturated carbocycles. The van der Waals surface area contributed by atoms with Gasteiger partial charge in [-0.05, 0) is 53.8 Å². The standard InChI is InChI=1S/C21H24N2O5S/c1-14(2)15-4-7-18(8-5-15)22-20(24)13-28-21(25)17-6-9-19-16(12-17)10-11-23(19)29(3,26)27/h4-9,12,14H,10-11,13H2,1-3H3,(H,22,24). The minimum absolute atomic E-state index is 0.285. The Balaban J connectivity index is 1.57. The molecule has 2 aromatic carbocycles. The van der Waals surface area contributed by atoms with Gasteiger partial charge in [-0.2, -0.15) is 0 Å². The molecule has 0 aromatic heterocycles. The molecule has 154 valence electrons. The van der Waals surface area contributed by atoms with Crippen LogP contribution in [0.3, 0.4) is 0 Å². The molecule has 1 N–H and O–H groups in total. The summed E-state index contributed by atoms with van der Waals surface area (Å²) < 4.78 is 30.0. The number of ether oxygens (including phenoxy) is 1. The highest BCUT2D eigenvalue weighted by atomic mass is 32.2. The van der Waals surface area contributed by atoms with Gasteiger partial charge in [0.1, 0.15) is 0 Å². The van der Waals surface area contributed by atoms with Crippen LogP contribution in [0.15, 0.2) is 42.5 Å². The molecule has 0 saturated heterocycles. The molecule has 1 aliphatic rings. The zero-order valence-corrected chi connectivity index (χ0v) is 17.5. The molecule has 1 heterocycles. The Morgan fingerprint density at radius 2 is 1.83 bits per heavy atom. The van der Waals surface area contributed by atoms with E-state index in [2.05, 4.69) is 19.2 Å². The number of nitrogens with one attached hydrogen (secondary N) is 1. The maximum atomic E-state index is 12.3. The smallest absolute Gasteiger partial charge is 0.338 e. The highest BCUT2D eigenvalue weighted by molar-refractivity contribution is 7.92. The van der Waals surface area contributed by atoms with Crippen molar-refractivity contribution in [2.45, 2.75) is 26.2 Å². The number of esters is 1. The molecule has 0 unspecified atom stereocenters. The lowest BCUT2D eigenvalue weighted by atomic mass is 10.0. The molecule has 7 nitrogen and oxygen atoms in total. The van der Waals surface area contributed by atoms with Crippen molar-refractivity contribution in [1.29, 1.82) is 0 Å². The van der Waals surface area contributed by atoms with Crippen LogP contribution in [-0.4, -0.2) is 39.7 Å². The van der Waals surface area contributed by atoms with E-state index in [0.717, 1.165) is 11.8 Å². The van der Waals surface area contributed by atoms with Gasteiger partial charge in [0.15, 0.2) is 6.61 Å². The normalized spacial score (nSPS) is 13.3. The first-order chi connectivity index (χ1) is 13.6. The number of nitrogens with zero attached hydrogens (tertiary/aromatic N) is 1. The lowest BCUT2D eigenvalue weighted by Crippen LogP contribution is -2.27. The van der Waals surface area contributed by atoms with Crippen LogP contribution in [-0.2, 0) is 26.0 Å². The van der Waals surface area contributed by atoms with Crippen molar-refractivity contribution < 1.29 is 22.7 Å². The fourth-order valence-corrected chi connectivity index (χ4v) is 4.16. The molecule has 0 spiro atoms. The summed E-state index contributed by atoms with van der Waals surface area (Å²) in [4.78, 5) is 24.3. The molecule has 1 amide bonds. The van der Waals surface area contributed by atoms with E-state index < -0.39 is 28.5 Å². The van der Waals surface area contributed by atoms with Crippen molar-refractivity contribution in [3.63, 3.8) is 0 Å². The molecular formula is C21H24N2O5S. The maximum absolute atomic E-state index is 12.3. The summed E-state index contributed by atoms with van der Waals surface area (Å²) in [6.45, 7) is 4.12. The molecule has 0 radical (unpaired) electrons. The number of carbonyl (C=O) groups excluding carboxylic acids is 2. The molecular weight excluding hydrogens is 392 g/mol. The first kappa shape index (κ1) is 20.9. The van der Waals surface area contributed by atoms with Crippen LogP contribution in [0.25, 0.3) is 0 Å². The van der Waals surface area contributed by atoms with Crippen LogP contribution in [0, 0.1) is 0 Å². The van der Waals surface area contributed by atoms with Gasteiger partial charge in [0.2, 0.25) is 10.0 Å². The first-order valence-electron chi connectivity index (χ1n) is 9.32. The molecule has 29 heavy (non-hydrogen) atoms. The first-order valence-corrected chi connectivity index (χ1v) is 11.2. The number of carbonyl (C=O) groups is 2. The average Bonchev–Trinajstić information content (AvgIpc) is 3.10. The average molecular weight is 416 g/mol. The molecule has 0 atom stereocenters. The fraction of sp³-hybridized carbons (Fsp3) is 0.333. The SMILES string of the molecule is CC(C)c1ccc(NC(=O)COC(=O)c2ccc3c(c2)CCN3S(C)(=O)=O)cc1. The van der Waals surface area contributed by atoms with Gasteiger partial charge in [-0.3, -0.25) is 9.10 Å². The Hall–Kier alpha value is -2.87. The van der Waals surface area contributed by atoms with E-state index in [4.69, 9.17) is 4.74 Å². The van der Waals surface area contributed by atoms with E-state index in [1.165, 1.54) is 15.9 Å². The molecule has 3 rings (SSSR count). The zero-order chi connectivity index (χ0) is 21.2. The minimum atomic E-state index is -3.34. The third kappa shape index (κ3) is 4.95. The third-order valence-corrected chi connectivity index (χ3v) is 5.94. The fourth-order valence-electron chi connectivity index (χ4n) is 3.21. The Morgan fingerprint density at radius 1 is 1.14 bits per heavy atom. The highest BCUT2D eigenvalue weighted by Gasteiger charge is 2.27. The number of hydrogen-bond donors (Lipinski definition) is 1. The summed E-state index contributed by atoms with van der Waals surface area (Å²) in [7, 11) is -3.34. The van der Waals surface area contributed by atoms with E-state index in [0.29, 0.717) is 30.3 Å². The number of sulfonamides is 1. The summed E-state index contributed by atoms with van der Waals surface area (Å²) in [5.74, 6) is -0.659. The molecule has 0 aliphatic carbocycles. The predicted molar refractivity (Wildman–Crippen MR) is 112 cm³/mol. The Morgan fingerprint density at radius 3 is 2.45 bits per heavy atom. The molecule has 0 bridgehead atoms. The van der Waals surface area contributed by atoms with Gasteiger partial charge in [0.25, 0.3) is 5.91 Å². The minimum Gasteiger partial charge on any atom is -0.452 e. The van der Waals surface area contributed by atoms with Crippen LogP contribution in [0.5, 0.6) is 0 Å². The summed E-state index contributed by atoms with van der Waals surface area (Å²) in [5, 5.41) is 2.69. The third-order valence-electron chi connectivity index (χ3n) is 4.76. The van der Waals surface area contributed by atoms with Gasteiger partial charge in [-0.15, -0.1) is 0 Å². The molecule has 8 heteroatoms. The Bertz CT molecular complexity index is 1030. The van der Waals surface area contributed by atoms with E-state index in [-0.39, 0.29) is 5.56 Å². The second kappa shape index (κ2) is 8.24. The van der Waals surface area contributed by atoms with E-state index >= 15 is 0 Å². The second-order valence-corrected chi connectivity index (χ2v) is 9.24. The number of rotatable bonds is 6. The van der Waals surface area contributed by atoms with E-state index in [1.807, 2.05) is 24.3 Å². The quantitative estimate of drug-likeness (QED) is 0.731. The number of fused-ring (bicyclic) bond motifs is 1. The molecule has 1 aliphatic heterocycles. The van der Waals surface area contributed by atoms with Gasteiger partial charge >= 0.3 is 5.97 Å². The number of amides is 1. The largest absolute Gasteiger partial charge is 0.452 e. The summed E-state index contributed by atoms with van der Waals surface area (Å²) in [6, 6.07) is 12.2. The number of anilines is 2. The van der Waals surface area contributed by atoms with Gasteiger partial charge in [0.05, 0.1) is 17.5 Å². The Kier molecular flexibility index (Phi) is 5.93. The van der Waals surface area contributed by atoms with Crippen LogP contribution in [0.4, 0.5) is 11.4 Å². The van der Waals surface area contributed by atoms with Gasteiger partial charge in [-0.25, -0.2) is 13.2 Å². The highest BCUT2D eigenvalue weighted by Crippen LogP contribution is 2.30. The summed E-state index contributed by atoms with van der Waals surface area (Å²) in [5.41, 5.74) is 3.42. The van der Waals surface area contributed by atoms with Gasteiger partial charge in [0, 0.05) is 12.2 Å². The predicted octanol–water partition coefficient (Wildman–Crippen LogP) is 2.93. The monoisotopic (exact) mass is 416 g/mol. The van der Waals surface area contributed by atoms with Crippen molar-refractivity contribution in [3.05, 3.63) is 59.2 Å². The van der Waals surface area contributed by atoms with Crippen molar-refractivity contribution in [3.8, 4) is 0 Å². The van der Waals surface area contributed by atoms with Gasteiger partial charge in [-0.1, -0.05) is 26.0 Å². The van der Waals surface area contributed by atoms with Crippen LogP contribution in [0.2, 0.25) is 0 Å². The van der Waals surface area contributed by atoms with E-state index in [9.17, 15) is 18.0 Å². The van der Waals surface area contributed by atoms with Crippen molar-refractivity contribution in [1.82, 2.24) is 0 Å². The molecule has 0 fully saturated rings. The summed E-state index contributed by atoms with van der Waals surface area (Å²) >= 11 is 0. The van der Waals surface area contributed by atoms with Gasteiger partial charge < -0.3 is 10.1 Å². The topological polar surface area (TPSA) is 92.8 Å². The maximum Gasteiger partial charge on any atom is 0.338 e. The van der Waals surface area contributed by atoms with Crippen molar-refractivity contribution in [2.24, 2.45) is 0 Å².